The third-order valence-corrected chi connectivity index (χ3v) is 2.87. The molecule has 4 nitrogen and oxygen atoms in total. The van der Waals surface area contributed by atoms with E-state index < -0.39 is 5.97 Å². The number of carbonyl (C=O) groups is 1. The Balaban J connectivity index is 2.80. The Morgan fingerprint density at radius 2 is 2.36 bits per heavy atom. The Morgan fingerprint density at radius 3 is 2.93 bits per heavy atom. The zero-order chi connectivity index (χ0) is 10.3. The minimum atomic E-state index is -1.11. The second-order valence-electron chi connectivity index (χ2n) is 2.80. The molecular formula is C9H8O4S. The van der Waals surface area contributed by atoms with Gasteiger partial charge in [0, 0.05) is 10.3 Å². The van der Waals surface area contributed by atoms with Crippen molar-refractivity contribution in [2.24, 2.45) is 0 Å². The van der Waals surface area contributed by atoms with Crippen LogP contribution in [0.2, 0.25) is 0 Å². The summed E-state index contributed by atoms with van der Waals surface area (Å²) in [7, 11) is 1.44. The lowest BCUT2D eigenvalue weighted by Gasteiger charge is -1.96. The van der Waals surface area contributed by atoms with E-state index in [4.69, 9.17) is 14.3 Å². The van der Waals surface area contributed by atoms with E-state index in [2.05, 4.69) is 0 Å². The molecule has 0 aliphatic heterocycles. The van der Waals surface area contributed by atoms with Gasteiger partial charge >= 0.3 is 5.97 Å². The van der Waals surface area contributed by atoms with E-state index >= 15 is 0 Å². The SMILES string of the molecule is COc1c(C(=O)O)oc2csc(C)c12. The number of fused-ring (bicyclic) bond motifs is 1. The average molecular weight is 212 g/mol. The van der Waals surface area contributed by atoms with E-state index in [0.29, 0.717) is 11.3 Å². The highest BCUT2D eigenvalue weighted by Crippen LogP contribution is 2.38. The Bertz CT molecular complexity index is 494. The Kier molecular flexibility index (Phi) is 1.96. The van der Waals surface area contributed by atoms with Gasteiger partial charge in [-0.25, -0.2) is 4.79 Å². The highest BCUT2D eigenvalue weighted by Gasteiger charge is 2.22. The summed E-state index contributed by atoms with van der Waals surface area (Å²) in [5, 5.41) is 11.4. The van der Waals surface area contributed by atoms with E-state index in [1.807, 2.05) is 6.92 Å². The van der Waals surface area contributed by atoms with Crippen LogP contribution in [0, 0.1) is 6.92 Å². The molecule has 1 N–H and O–H groups in total. The predicted molar refractivity (Wildman–Crippen MR) is 52.3 cm³/mol. The average Bonchev–Trinajstić information content (AvgIpc) is 2.66. The molecule has 0 aliphatic carbocycles. The number of carboxylic acids is 1. The molecule has 5 heteroatoms. The number of aromatic carboxylic acids is 1. The highest BCUT2D eigenvalue weighted by atomic mass is 32.1. The zero-order valence-electron chi connectivity index (χ0n) is 7.66. The largest absolute Gasteiger partial charge is 0.492 e. The van der Waals surface area contributed by atoms with E-state index in [1.165, 1.54) is 18.4 Å². The number of hydrogen-bond donors (Lipinski definition) is 1. The third kappa shape index (κ3) is 1.09. The van der Waals surface area contributed by atoms with Gasteiger partial charge in [-0.05, 0) is 6.92 Å². The van der Waals surface area contributed by atoms with Gasteiger partial charge in [0.2, 0.25) is 0 Å². The molecule has 0 bridgehead atoms. The number of rotatable bonds is 2. The molecular weight excluding hydrogens is 204 g/mol. The van der Waals surface area contributed by atoms with E-state index in [9.17, 15) is 4.79 Å². The van der Waals surface area contributed by atoms with Crippen LogP contribution >= 0.6 is 11.3 Å². The van der Waals surface area contributed by atoms with Crippen LogP contribution in [0.3, 0.4) is 0 Å². The van der Waals surface area contributed by atoms with Gasteiger partial charge in [0.15, 0.2) is 5.75 Å². The van der Waals surface area contributed by atoms with Gasteiger partial charge in [0.25, 0.3) is 5.76 Å². The molecule has 74 valence electrons. The summed E-state index contributed by atoms with van der Waals surface area (Å²) in [5.41, 5.74) is 0.571. The summed E-state index contributed by atoms with van der Waals surface area (Å²) >= 11 is 1.51. The van der Waals surface area contributed by atoms with Crippen molar-refractivity contribution in [3.8, 4) is 5.75 Å². The topological polar surface area (TPSA) is 59.7 Å². The highest BCUT2D eigenvalue weighted by molar-refractivity contribution is 7.11. The Morgan fingerprint density at radius 1 is 1.64 bits per heavy atom. The number of aryl methyl sites for hydroxylation is 1. The molecule has 0 amide bonds. The number of ether oxygens (including phenoxy) is 1. The van der Waals surface area contributed by atoms with Crippen molar-refractivity contribution in [2.45, 2.75) is 6.92 Å². The standard InChI is InChI=1S/C9H8O4S/c1-4-6-5(3-14-4)13-8(9(10)11)7(6)12-2/h3H,1-2H3,(H,10,11). The minimum Gasteiger partial charge on any atom is -0.492 e. The Hall–Kier alpha value is -1.49. The summed E-state index contributed by atoms with van der Waals surface area (Å²) in [6.45, 7) is 1.90. The van der Waals surface area contributed by atoms with Gasteiger partial charge in [-0.3, -0.25) is 0 Å². The van der Waals surface area contributed by atoms with Crippen LogP contribution in [0.15, 0.2) is 9.80 Å². The van der Waals surface area contributed by atoms with E-state index in [0.717, 1.165) is 10.3 Å². The van der Waals surface area contributed by atoms with Crippen molar-refractivity contribution in [1.82, 2.24) is 0 Å². The van der Waals surface area contributed by atoms with Gasteiger partial charge < -0.3 is 14.3 Å². The monoisotopic (exact) mass is 212 g/mol. The van der Waals surface area contributed by atoms with Gasteiger partial charge in [-0.15, -0.1) is 11.3 Å². The second-order valence-corrected chi connectivity index (χ2v) is 3.88. The molecule has 0 aliphatic rings. The van der Waals surface area contributed by atoms with Crippen LogP contribution in [-0.4, -0.2) is 18.2 Å². The lowest BCUT2D eigenvalue weighted by Crippen LogP contribution is -1.96. The van der Waals surface area contributed by atoms with E-state index in [1.54, 1.807) is 5.38 Å². The molecule has 0 saturated carbocycles. The number of methoxy groups -OCH3 is 1. The number of furan rings is 1. The molecule has 2 rings (SSSR count). The first-order valence-corrected chi connectivity index (χ1v) is 4.81. The Labute approximate surface area is 83.7 Å². The molecule has 0 atom stereocenters. The number of carboxylic acid groups (broad SMARTS) is 1. The first-order valence-electron chi connectivity index (χ1n) is 3.93. The van der Waals surface area contributed by atoms with Crippen LogP contribution < -0.4 is 4.74 Å². The van der Waals surface area contributed by atoms with E-state index in [-0.39, 0.29) is 5.76 Å². The lowest BCUT2D eigenvalue weighted by atomic mass is 10.3. The molecule has 2 aromatic rings. The van der Waals surface area contributed by atoms with Gasteiger partial charge in [0.1, 0.15) is 5.58 Å². The van der Waals surface area contributed by atoms with Crippen molar-refractivity contribution in [2.75, 3.05) is 7.11 Å². The fourth-order valence-corrected chi connectivity index (χ4v) is 2.15. The van der Waals surface area contributed by atoms with Gasteiger partial charge in [-0.2, -0.15) is 0 Å². The van der Waals surface area contributed by atoms with Crippen molar-refractivity contribution >= 4 is 28.3 Å². The van der Waals surface area contributed by atoms with Gasteiger partial charge in [0.05, 0.1) is 12.5 Å². The van der Waals surface area contributed by atoms with Crippen LogP contribution in [-0.2, 0) is 0 Å². The molecule has 2 heterocycles. The predicted octanol–water partition coefficient (Wildman–Crippen LogP) is 2.51. The maximum absolute atomic E-state index is 10.8. The first-order chi connectivity index (χ1) is 6.65. The molecule has 0 fully saturated rings. The van der Waals surface area contributed by atoms with Crippen LogP contribution in [0.5, 0.6) is 5.75 Å². The van der Waals surface area contributed by atoms with Crippen LogP contribution in [0.4, 0.5) is 0 Å². The molecule has 2 aromatic heterocycles. The molecule has 0 spiro atoms. The molecule has 0 radical (unpaired) electrons. The summed E-state index contributed by atoms with van der Waals surface area (Å²) in [5.74, 6) is -0.929. The van der Waals surface area contributed by atoms with Crippen molar-refractivity contribution in [3.05, 3.63) is 16.0 Å². The summed E-state index contributed by atoms with van der Waals surface area (Å²) in [4.78, 5) is 11.8. The van der Waals surface area contributed by atoms with Gasteiger partial charge in [-0.1, -0.05) is 0 Å². The fraction of sp³-hybridized carbons (Fsp3) is 0.222. The minimum absolute atomic E-state index is 0.131. The fourth-order valence-electron chi connectivity index (χ4n) is 1.39. The summed E-state index contributed by atoms with van der Waals surface area (Å²) in [6, 6.07) is 0. The smallest absolute Gasteiger partial charge is 0.375 e. The van der Waals surface area contributed by atoms with Crippen molar-refractivity contribution in [1.29, 1.82) is 0 Å². The normalized spacial score (nSPS) is 10.7. The molecule has 0 saturated heterocycles. The third-order valence-electron chi connectivity index (χ3n) is 1.98. The second kappa shape index (κ2) is 3.02. The summed E-state index contributed by atoms with van der Waals surface area (Å²) < 4.78 is 10.2. The number of hydrogen-bond acceptors (Lipinski definition) is 4. The maximum Gasteiger partial charge on any atom is 0.375 e. The van der Waals surface area contributed by atoms with Crippen LogP contribution in [0.25, 0.3) is 11.0 Å². The lowest BCUT2D eigenvalue weighted by molar-refractivity contribution is 0.0660. The van der Waals surface area contributed by atoms with Crippen LogP contribution in [0.1, 0.15) is 15.4 Å². The first kappa shape index (κ1) is 9.08. The zero-order valence-corrected chi connectivity index (χ0v) is 8.47. The molecule has 0 unspecified atom stereocenters. The maximum atomic E-state index is 10.8. The van der Waals surface area contributed by atoms with Crippen molar-refractivity contribution in [3.63, 3.8) is 0 Å². The molecule has 14 heavy (non-hydrogen) atoms. The molecule has 0 aromatic carbocycles. The number of thiophene rings is 1. The quantitative estimate of drug-likeness (QED) is 0.830. The summed E-state index contributed by atoms with van der Waals surface area (Å²) in [6.07, 6.45) is 0. The van der Waals surface area contributed by atoms with Crippen molar-refractivity contribution < 1.29 is 19.1 Å².